The average molecular weight is 432 g/mol. The van der Waals surface area contributed by atoms with Gasteiger partial charge >= 0.3 is 6.09 Å². The fourth-order valence-corrected chi connectivity index (χ4v) is 5.19. The molecule has 0 saturated carbocycles. The Morgan fingerprint density at radius 1 is 1.35 bits per heavy atom. The number of hydrogen-bond acceptors (Lipinski definition) is 5. The van der Waals surface area contributed by atoms with Crippen molar-refractivity contribution >= 4 is 17.1 Å². The van der Waals surface area contributed by atoms with Crippen LogP contribution in [-0.4, -0.2) is 75.0 Å². The van der Waals surface area contributed by atoms with Crippen LogP contribution in [0.15, 0.2) is 23.1 Å². The highest BCUT2D eigenvalue weighted by Gasteiger charge is 2.42. The average Bonchev–Trinajstić information content (AvgIpc) is 3.07. The van der Waals surface area contributed by atoms with Crippen molar-refractivity contribution in [2.75, 3.05) is 26.7 Å². The summed E-state index contributed by atoms with van der Waals surface area (Å²) in [5, 5.41) is 9.79. The second kappa shape index (κ2) is 7.87. The van der Waals surface area contributed by atoms with Gasteiger partial charge in [-0.3, -0.25) is 19.6 Å². The summed E-state index contributed by atoms with van der Waals surface area (Å²) in [6.07, 6.45) is 0.594. The molecule has 2 aromatic rings. The normalized spacial score (nSPS) is 24.0. The lowest BCUT2D eigenvalue weighted by Gasteiger charge is -2.47. The second-order valence-electron chi connectivity index (χ2n) is 9.45. The molecule has 0 spiro atoms. The minimum absolute atomic E-state index is 0.153. The lowest BCUT2D eigenvalue weighted by molar-refractivity contribution is -0.0550. The summed E-state index contributed by atoms with van der Waals surface area (Å²) in [7, 11) is 1.60. The van der Waals surface area contributed by atoms with E-state index in [0.717, 1.165) is 0 Å². The van der Waals surface area contributed by atoms with Gasteiger partial charge in [0.25, 0.3) is 5.56 Å². The van der Waals surface area contributed by atoms with Crippen molar-refractivity contribution in [1.29, 1.82) is 0 Å². The first-order chi connectivity index (χ1) is 14.6. The smallest absolute Gasteiger partial charge is 0.408 e. The molecule has 31 heavy (non-hydrogen) atoms. The summed E-state index contributed by atoms with van der Waals surface area (Å²) in [5.41, 5.74) is 1.05. The summed E-state index contributed by atoms with van der Waals surface area (Å²) >= 11 is 0. The zero-order valence-corrected chi connectivity index (χ0v) is 18.3. The first kappa shape index (κ1) is 21.7. The van der Waals surface area contributed by atoms with Crippen LogP contribution in [0.2, 0.25) is 0 Å². The Balaban J connectivity index is 1.55. The molecule has 0 aromatic carbocycles. The Morgan fingerprint density at radius 2 is 2.10 bits per heavy atom. The molecule has 2 aromatic heterocycles. The van der Waals surface area contributed by atoms with Crippen LogP contribution >= 0.6 is 0 Å². The van der Waals surface area contributed by atoms with Crippen LogP contribution < -0.4 is 5.56 Å². The maximum atomic E-state index is 14.7. The number of methoxy groups -OCH3 is 1. The SMILES string of the molecule is CO[C@@H]1CN(CC2Cn3c(=O)ccc4ncc(F)c2c43)CC[C@@H]1N(C(=O)O)C(C)(C)C. The fraction of sp³-hybridized carbons (Fsp3) is 0.591. The second-order valence-corrected chi connectivity index (χ2v) is 9.45. The van der Waals surface area contributed by atoms with Gasteiger partial charge in [-0.1, -0.05) is 0 Å². The van der Waals surface area contributed by atoms with Crippen LogP contribution in [0.4, 0.5) is 9.18 Å². The minimum Gasteiger partial charge on any atom is -0.465 e. The molecule has 0 aliphatic carbocycles. The van der Waals surface area contributed by atoms with Crippen LogP contribution in [-0.2, 0) is 11.3 Å². The largest absolute Gasteiger partial charge is 0.465 e. The van der Waals surface area contributed by atoms with Crippen molar-refractivity contribution in [3.8, 4) is 0 Å². The molecule has 4 rings (SSSR count). The summed E-state index contributed by atoms with van der Waals surface area (Å²) in [4.78, 5) is 32.1. The quantitative estimate of drug-likeness (QED) is 0.799. The van der Waals surface area contributed by atoms with Crippen LogP contribution in [0.3, 0.4) is 0 Å². The van der Waals surface area contributed by atoms with E-state index in [4.69, 9.17) is 4.74 Å². The molecule has 2 aliphatic rings. The van der Waals surface area contributed by atoms with Crippen molar-refractivity contribution < 1.29 is 19.0 Å². The Kier molecular flexibility index (Phi) is 5.51. The highest BCUT2D eigenvalue weighted by molar-refractivity contribution is 5.80. The van der Waals surface area contributed by atoms with Crippen molar-refractivity contribution in [2.24, 2.45) is 0 Å². The van der Waals surface area contributed by atoms with Gasteiger partial charge in [0.15, 0.2) is 0 Å². The fourth-order valence-electron chi connectivity index (χ4n) is 5.19. The Hall–Kier alpha value is -2.52. The van der Waals surface area contributed by atoms with E-state index < -0.39 is 17.4 Å². The van der Waals surface area contributed by atoms with E-state index in [0.29, 0.717) is 49.2 Å². The first-order valence-corrected chi connectivity index (χ1v) is 10.6. The zero-order chi connectivity index (χ0) is 22.5. The van der Waals surface area contributed by atoms with Crippen LogP contribution in [0.5, 0.6) is 0 Å². The minimum atomic E-state index is -0.958. The van der Waals surface area contributed by atoms with Gasteiger partial charge in [-0.15, -0.1) is 0 Å². The Morgan fingerprint density at radius 3 is 2.74 bits per heavy atom. The molecule has 1 saturated heterocycles. The Bertz CT molecular complexity index is 1060. The molecule has 2 aliphatic heterocycles. The predicted octanol–water partition coefficient (Wildman–Crippen LogP) is 2.50. The van der Waals surface area contributed by atoms with Gasteiger partial charge in [0.1, 0.15) is 5.82 Å². The topological polar surface area (TPSA) is 87.9 Å². The number of carboxylic acid groups (broad SMARTS) is 1. The number of halogens is 1. The lowest BCUT2D eigenvalue weighted by atomic mass is 9.93. The summed E-state index contributed by atoms with van der Waals surface area (Å²) < 4.78 is 22.0. The molecular formula is C22H29FN4O4. The molecule has 1 fully saturated rings. The summed E-state index contributed by atoms with van der Waals surface area (Å²) in [5.74, 6) is -0.565. The number of aromatic nitrogens is 2. The van der Waals surface area contributed by atoms with Gasteiger partial charge < -0.3 is 14.4 Å². The zero-order valence-electron chi connectivity index (χ0n) is 18.3. The number of piperidine rings is 1. The van der Waals surface area contributed by atoms with E-state index in [1.165, 1.54) is 17.2 Å². The van der Waals surface area contributed by atoms with Gasteiger partial charge in [0.05, 0.1) is 29.4 Å². The molecular weight excluding hydrogens is 403 g/mol. The molecule has 0 bridgehead atoms. The van der Waals surface area contributed by atoms with Crippen molar-refractivity contribution in [3.05, 3.63) is 40.1 Å². The number of nitrogens with zero attached hydrogens (tertiary/aromatic N) is 4. The third-order valence-electron chi connectivity index (χ3n) is 6.45. The molecule has 9 heteroatoms. The van der Waals surface area contributed by atoms with Gasteiger partial charge in [0.2, 0.25) is 0 Å². The number of carbonyl (C=O) groups is 1. The van der Waals surface area contributed by atoms with Crippen molar-refractivity contribution in [2.45, 2.75) is 57.3 Å². The van der Waals surface area contributed by atoms with E-state index in [1.54, 1.807) is 17.7 Å². The number of pyridine rings is 2. The maximum absolute atomic E-state index is 14.7. The van der Waals surface area contributed by atoms with Gasteiger partial charge in [0, 0.05) is 56.4 Å². The van der Waals surface area contributed by atoms with Crippen LogP contribution in [0, 0.1) is 5.82 Å². The third kappa shape index (κ3) is 3.80. The van der Waals surface area contributed by atoms with E-state index >= 15 is 0 Å². The number of likely N-dealkylation sites (tertiary alicyclic amines) is 1. The standard InChI is InChI=1S/C22H29FN4O4/c1-22(2,3)27(21(29)30)16-7-8-25(12-17(16)31-4)10-13-11-26-18(28)6-5-15-20(26)19(13)14(23)9-24-15/h5-6,9,13,16-17H,7-8,10-12H2,1-4H3,(H,29,30)/t13?,16-,17+/m0/s1. The molecule has 168 valence electrons. The molecule has 0 radical (unpaired) electrons. The van der Waals surface area contributed by atoms with Gasteiger partial charge in [-0.2, -0.15) is 0 Å². The summed E-state index contributed by atoms with van der Waals surface area (Å²) in [6, 6.07) is 2.85. The van der Waals surface area contributed by atoms with E-state index in [2.05, 4.69) is 9.88 Å². The first-order valence-electron chi connectivity index (χ1n) is 10.6. The molecule has 1 unspecified atom stereocenters. The number of rotatable bonds is 4. The van der Waals surface area contributed by atoms with Crippen LogP contribution in [0.1, 0.15) is 38.7 Å². The van der Waals surface area contributed by atoms with Gasteiger partial charge in [-0.05, 0) is 33.3 Å². The van der Waals surface area contributed by atoms with Gasteiger partial charge in [-0.25, -0.2) is 9.18 Å². The molecule has 1 N–H and O–H groups in total. The third-order valence-corrected chi connectivity index (χ3v) is 6.45. The molecule has 1 amide bonds. The van der Waals surface area contributed by atoms with Crippen LogP contribution in [0.25, 0.3) is 11.0 Å². The number of amides is 1. The lowest BCUT2D eigenvalue weighted by Crippen LogP contribution is -2.61. The Labute approximate surface area is 180 Å². The highest BCUT2D eigenvalue weighted by Crippen LogP contribution is 2.35. The molecule has 8 nitrogen and oxygen atoms in total. The monoisotopic (exact) mass is 432 g/mol. The van der Waals surface area contributed by atoms with E-state index in [9.17, 15) is 19.1 Å². The van der Waals surface area contributed by atoms with E-state index in [1.807, 2.05) is 20.8 Å². The predicted molar refractivity (Wildman–Crippen MR) is 114 cm³/mol. The van der Waals surface area contributed by atoms with E-state index in [-0.39, 0.29) is 23.6 Å². The number of hydrogen-bond donors (Lipinski definition) is 1. The highest BCUT2D eigenvalue weighted by atomic mass is 19.1. The molecule has 4 heterocycles. The van der Waals surface area contributed by atoms with Crippen molar-refractivity contribution in [1.82, 2.24) is 19.4 Å². The summed E-state index contributed by atoms with van der Waals surface area (Å²) in [6.45, 7) is 7.82. The maximum Gasteiger partial charge on any atom is 0.408 e. The number of ether oxygens (including phenoxy) is 1. The molecule has 3 atom stereocenters. The van der Waals surface area contributed by atoms with Crippen molar-refractivity contribution in [3.63, 3.8) is 0 Å².